The van der Waals surface area contributed by atoms with Gasteiger partial charge in [0.2, 0.25) is 5.89 Å². The minimum Gasteiger partial charge on any atom is -0.411 e. The summed E-state index contributed by atoms with van der Waals surface area (Å²) in [4.78, 5) is 9.25. The molecule has 0 bridgehead atoms. The second kappa shape index (κ2) is 7.13. The van der Waals surface area contributed by atoms with Gasteiger partial charge in [0, 0.05) is 17.2 Å². The molecule has 0 amide bonds. The summed E-state index contributed by atoms with van der Waals surface area (Å²) in [6.45, 7) is 8.43. The van der Waals surface area contributed by atoms with Crippen molar-refractivity contribution in [1.82, 2.24) is 20.2 Å². The summed E-state index contributed by atoms with van der Waals surface area (Å²) in [6, 6.07) is 11.7. The molecule has 0 saturated carbocycles. The maximum atomic E-state index is 5.75. The Morgan fingerprint density at radius 3 is 2.33 bits per heavy atom. The van der Waals surface area contributed by atoms with E-state index in [9.17, 15) is 0 Å². The molecule has 5 nitrogen and oxygen atoms in total. The van der Waals surface area contributed by atoms with E-state index in [1.807, 2.05) is 36.4 Å². The van der Waals surface area contributed by atoms with E-state index in [1.54, 1.807) is 0 Å². The average molecular weight is 340 g/mol. The van der Waals surface area contributed by atoms with Gasteiger partial charge in [-0.25, -0.2) is 9.97 Å². The summed E-state index contributed by atoms with van der Waals surface area (Å²) in [5.41, 5.74) is 1.93. The molecule has 0 fully saturated rings. The van der Waals surface area contributed by atoms with E-state index in [0.717, 1.165) is 22.1 Å². The Bertz CT molecular complexity index is 789. The van der Waals surface area contributed by atoms with E-state index in [-0.39, 0.29) is 5.92 Å². The van der Waals surface area contributed by atoms with Crippen LogP contribution in [0.15, 0.2) is 51.1 Å². The monoisotopic (exact) mass is 340 g/mol. The number of nitrogens with zero attached hydrogens (tertiary/aromatic N) is 4. The van der Waals surface area contributed by atoms with E-state index < -0.39 is 0 Å². The molecule has 24 heavy (non-hydrogen) atoms. The van der Waals surface area contributed by atoms with Gasteiger partial charge in [0.25, 0.3) is 5.22 Å². The molecular formula is C18H20N4OS. The fraction of sp³-hybridized carbons (Fsp3) is 0.333. The number of benzene rings is 1. The zero-order chi connectivity index (χ0) is 17.1. The van der Waals surface area contributed by atoms with Crippen molar-refractivity contribution in [1.29, 1.82) is 0 Å². The van der Waals surface area contributed by atoms with Crippen LogP contribution in [0, 0.1) is 0 Å². The van der Waals surface area contributed by atoms with Crippen LogP contribution in [0.2, 0.25) is 0 Å². The van der Waals surface area contributed by atoms with Crippen molar-refractivity contribution in [2.24, 2.45) is 0 Å². The number of rotatable bonds is 5. The third-order valence-electron chi connectivity index (χ3n) is 3.47. The van der Waals surface area contributed by atoms with Crippen molar-refractivity contribution in [2.75, 3.05) is 0 Å². The highest BCUT2D eigenvalue weighted by atomic mass is 32.2. The fourth-order valence-electron chi connectivity index (χ4n) is 2.11. The molecule has 0 atom stereocenters. The average Bonchev–Trinajstić information content (AvgIpc) is 3.03. The molecule has 6 heteroatoms. The summed E-state index contributed by atoms with van der Waals surface area (Å²) < 4.78 is 5.75. The van der Waals surface area contributed by atoms with E-state index in [2.05, 4.69) is 47.9 Å². The van der Waals surface area contributed by atoms with Gasteiger partial charge in [0.05, 0.1) is 0 Å². The maximum absolute atomic E-state index is 5.75. The second-order valence-corrected chi connectivity index (χ2v) is 7.11. The van der Waals surface area contributed by atoms with Gasteiger partial charge in [-0.05, 0) is 35.9 Å². The van der Waals surface area contributed by atoms with Crippen LogP contribution in [0.4, 0.5) is 0 Å². The zero-order valence-corrected chi connectivity index (χ0v) is 15.0. The van der Waals surface area contributed by atoms with Crippen LogP contribution >= 0.6 is 11.8 Å². The van der Waals surface area contributed by atoms with Crippen LogP contribution in [-0.4, -0.2) is 20.2 Å². The zero-order valence-electron chi connectivity index (χ0n) is 14.2. The predicted octanol–water partition coefficient (Wildman–Crippen LogP) is 4.92. The van der Waals surface area contributed by atoms with E-state index in [0.29, 0.717) is 17.0 Å². The van der Waals surface area contributed by atoms with E-state index in [4.69, 9.17) is 4.42 Å². The summed E-state index contributed by atoms with van der Waals surface area (Å²) in [6.07, 6.45) is 0. The van der Waals surface area contributed by atoms with E-state index >= 15 is 0 Å². The first-order valence-electron chi connectivity index (χ1n) is 7.98. The van der Waals surface area contributed by atoms with Crippen molar-refractivity contribution in [3.8, 4) is 11.5 Å². The molecule has 1 aromatic carbocycles. The first-order valence-corrected chi connectivity index (χ1v) is 8.80. The molecular weight excluding hydrogens is 320 g/mol. The Balaban J connectivity index is 1.87. The molecule has 0 spiro atoms. The quantitative estimate of drug-likeness (QED) is 0.614. The van der Waals surface area contributed by atoms with Gasteiger partial charge in [0.1, 0.15) is 10.9 Å². The number of hydrogen-bond donors (Lipinski definition) is 0. The summed E-state index contributed by atoms with van der Waals surface area (Å²) >= 11 is 1.37. The lowest BCUT2D eigenvalue weighted by atomic mass is 10.1. The molecule has 2 heterocycles. The third-order valence-corrected chi connectivity index (χ3v) is 4.22. The van der Waals surface area contributed by atoms with Crippen LogP contribution in [0.5, 0.6) is 0 Å². The van der Waals surface area contributed by atoms with Crippen LogP contribution in [0.25, 0.3) is 11.5 Å². The van der Waals surface area contributed by atoms with Crippen LogP contribution in [0.1, 0.15) is 51.0 Å². The molecule has 3 rings (SSSR count). The fourth-order valence-corrected chi connectivity index (χ4v) is 2.81. The Hall–Kier alpha value is -2.21. The molecule has 0 saturated heterocycles. The molecule has 0 aliphatic heterocycles. The van der Waals surface area contributed by atoms with Crippen molar-refractivity contribution >= 4 is 11.8 Å². The molecule has 2 aromatic heterocycles. The highest BCUT2D eigenvalue weighted by molar-refractivity contribution is 7.99. The SMILES string of the molecule is CC(C)c1cc(Sc2nnc(-c3ccccc3)o2)nc(C(C)C)n1. The van der Waals surface area contributed by atoms with Crippen molar-refractivity contribution in [2.45, 2.75) is 49.8 Å². The smallest absolute Gasteiger partial charge is 0.283 e. The minimum atomic E-state index is 0.269. The van der Waals surface area contributed by atoms with Gasteiger partial charge >= 0.3 is 0 Å². The Labute approximate surface area is 145 Å². The van der Waals surface area contributed by atoms with E-state index in [1.165, 1.54) is 11.8 Å². The first-order chi connectivity index (χ1) is 11.5. The molecule has 0 aliphatic rings. The van der Waals surface area contributed by atoms with Gasteiger partial charge < -0.3 is 4.42 Å². The highest BCUT2D eigenvalue weighted by Gasteiger charge is 2.15. The molecule has 0 radical (unpaired) electrons. The lowest BCUT2D eigenvalue weighted by Gasteiger charge is -2.10. The van der Waals surface area contributed by atoms with Crippen molar-refractivity contribution in [3.05, 3.63) is 47.9 Å². The van der Waals surface area contributed by atoms with Crippen molar-refractivity contribution < 1.29 is 4.42 Å². The largest absolute Gasteiger partial charge is 0.411 e. The highest BCUT2D eigenvalue weighted by Crippen LogP contribution is 2.30. The van der Waals surface area contributed by atoms with Gasteiger partial charge in [-0.15, -0.1) is 10.2 Å². The predicted molar refractivity (Wildman–Crippen MR) is 94.1 cm³/mol. The normalized spacial score (nSPS) is 11.4. The van der Waals surface area contributed by atoms with Crippen molar-refractivity contribution in [3.63, 3.8) is 0 Å². The lowest BCUT2D eigenvalue weighted by Crippen LogP contribution is -2.03. The van der Waals surface area contributed by atoms with Crippen LogP contribution in [0.3, 0.4) is 0 Å². The third kappa shape index (κ3) is 3.82. The summed E-state index contributed by atoms with van der Waals surface area (Å²) in [5, 5.41) is 9.56. The molecule has 0 aliphatic carbocycles. The van der Waals surface area contributed by atoms with Gasteiger partial charge in [0.15, 0.2) is 0 Å². The lowest BCUT2D eigenvalue weighted by molar-refractivity contribution is 0.465. The molecule has 124 valence electrons. The second-order valence-electron chi connectivity index (χ2n) is 6.14. The number of aromatic nitrogens is 4. The molecule has 0 N–H and O–H groups in total. The Morgan fingerprint density at radius 1 is 0.917 bits per heavy atom. The summed E-state index contributed by atoms with van der Waals surface area (Å²) in [5.74, 6) is 1.96. The van der Waals surface area contributed by atoms with Gasteiger partial charge in [-0.2, -0.15) is 0 Å². The Kier molecular flexibility index (Phi) is 4.94. The number of hydrogen-bond acceptors (Lipinski definition) is 6. The molecule has 3 aromatic rings. The Morgan fingerprint density at radius 2 is 1.67 bits per heavy atom. The van der Waals surface area contributed by atoms with Crippen LogP contribution in [-0.2, 0) is 0 Å². The van der Waals surface area contributed by atoms with Gasteiger partial charge in [-0.3, -0.25) is 0 Å². The topological polar surface area (TPSA) is 64.7 Å². The van der Waals surface area contributed by atoms with Gasteiger partial charge in [-0.1, -0.05) is 45.9 Å². The maximum Gasteiger partial charge on any atom is 0.283 e. The minimum absolute atomic E-state index is 0.269. The first kappa shape index (κ1) is 16.6. The summed E-state index contributed by atoms with van der Waals surface area (Å²) in [7, 11) is 0. The van der Waals surface area contributed by atoms with Crippen LogP contribution < -0.4 is 0 Å². The standard InChI is InChI=1S/C18H20N4OS/c1-11(2)14-10-15(20-16(19-14)12(3)4)24-18-22-21-17(23-18)13-8-6-5-7-9-13/h5-12H,1-4H3. The molecule has 0 unspecified atom stereocenters.